The number of rotatable bonds is 7. The van der Waals surface area contributed by atoms with Gasteiger partial charge in [0.25, 0.3) is 0 Å². The van der Waals surface area contributed by atoms with Crippen LogP contribution in [0.3, 0.4) is 0 Å². The minimum absolute atomic E-state index is 0.164. The van der Waals surface area contributed by atoms with Gasteiger partial charge < -0.3 is 24.4 Å². The van der Waals surface area contributed by atoms with Crippen molar-refractivity contribution in [3.63, 3.8) is 0 Å². The third kappa shape index (κ3) is 5.76. The van der Waals surface area contributed by atoms with Gasteiger partial charge in [0.15, 0.2) is 0 Å². The largest absolute Gasteiger partial charge is 0.508 e. The Morgan fingerprint density at radius 1 is 0.921 bits per heavy atom. The van der Waals surface area contributed by atoms with Gasteiger partial charge in [-0.2, -0.15) is 0 Å². The lowest BCUT2D eigenvalue weighted by atomic mass is 9.84. The Kier molecular flexibility index (Phi) is 8.85. The van der Waals surface area contributed by atoms with E-state index in [2.05, 4.69) is 25.7 Å². The first-order chi connectivity index (χ1) is 18.4. The maximum absolute atomic E-state index is 10.1. The van der Waals surface area contributed by atoms with Crippen LogP contribution in [0.1, 0.15) is 63.8 Å². The first kappa shape index (κ1) is 27.4. The summed E-state index contributed by atoms with van der Waals surface area (Å²) in [5.41, 5.74) is 4.97. The quantitative estimate of drug-likeness (QED) is 0.350. The Morgan fingerprint density at radius 2 is 1.58 bits per heavy atom. The fourth-order valence-corrected chi connectivity index (χ4v) is 5.07. The molecule has 3 aromatic carbocycles. The Labute approximate surface area is 226 Å². The number of benzene rings is 3. The Morgan fingerprint density at radius 3 is 2.24 bits per heavy atom. The molecule has 0 saturated heterocycles. The molecule has 0 amide bonds. The van der Waals surface area contributed by atoms with Crippen molar-refractivity contribution in [1.29, 1.82) is 0 Å². The van der Waals surface area contributed by atoms with Gasteiger partial charge in [-0.1, -0.05) is 32.9 Å². The summed E-state index contributed by atoms with van der Waals surface area (Å²) >= 11 is 0. The van der Waals surface area contributed by atoms with Gasteiger partial charge in [-0.25, -0.2) is 0 Å². The van der Waals surface area contributed by atoms with Crippen molar-refractivity contribution in [2.24, 2.45) is 0 Å². The van der Waals surface area contributed by atoms with Crippen LogP contribution in [-0.4, -0.2) is 47.5 Å². The molecule has 38 heavy (non-hydrogen) atoms. The fourth-order valence-electron chi connectivity index (χ4n) is 5.07. The lowest BCUT2D eigenvalue weighted by Crippen LogP contribution is -2.34. The van der Waals surface area contributed by atoms with E-state index in [1.807, 2.05) is 50.2 Å². The zero-order chi connectivity index (χ0) is 27.2. The highest BCUT2D eigenvalue weighted by atomic mass is 16.5. The van der Waals surface area contributed by atoms with Crippen LogP contribution >= 0.6 is 0 Å². The standard InChI is InChI=1S/C30H33NO5.C2H6/c1-4-31(19(2)3)14-16-34-23-9-5-20(6-10-23)30-29-25(24-11-7-22(33)18-28(24)36-30)13-15-35-27-17-21(32)8-12-26(27)29;1-2/h5-12,17-19,30,32-33H,4,13-16H2,1-3H3;1-2H3. The molecule has 0 bridgehead atoms. The summed E-state index contributed by atoms with van der Waals surface area (Å²) in [7, 11) is 0. The molecule has 6 heteroatoms. The van der Waals surface area contributed by atoms with E-state index in [1.54, 1.807) is 24.3 Å². The van der Waals surface area contributed by atoms with Gasteiger partial charge in [-0.3, -0.25) is 4.90 Å². The van der Waals surface area contributed by atoms with Crippen molar-refractivity contribution in [3.05, 3.63) is 77.4 Å². The zero-order valence-corrected chi connectivity index (χ0v) is 23.0. The van der Waals surface area contributed by atoms with Crippen molar-refractivity contribution in [2.45, 2.75) is 53.2 Å². The predicted molar refractivity (Wildman–Crippen MR) is 152 cm³/mol. The van der Waals surface area contributed by atoms with Crippen LogP contribution in [0.4, 0.5) is 0 Å². The maximum atomic E-state index is 10.1. The highest BCUT2D eigenvalue weighted by molar-refractivity contribution is 5.98. The molecule has 2 aliphatic heterocycles. The Hall–Kier alpha value is -3.64. The molecular formula is C32H39NO5. The van der Waals surface area contributed by atoms with E-state index in [4.69, 9.17) is 14.2 Å². The third-order valence-corrected chi connectivity index (χ3v) is 6.95. The smallest absolute Gasteiger partial charge is 0.150 e. The second-order valence-corrected chi connectivity index (χ2v) is 9.49. The lowest BCUT2D eigenvalue weighted by Gasteiger charge is -2.31. The average Bonchev–Trinajstić information content (AvgIpc) is 3.11. The van der Waals surface area contributed by atoms with Gasteiger partial charge in [0.1, 0.15) is 41.5 Å². The number of hydrogen-bond acceptors (Lipinski definition) is 6. The summed E-state index contributed by atoms with van der Waals surface area (Å²) < 4.78 is 18.6. The number of nitrogens with zero attached hydrogens (tertiary/aromatic N) is 1. The van der Waals surface area contributed by atoms with Crippen LogP contribution in [-0.2, 0) is 0 Å². The van der Waals surface area contributed by atoms with Crippen LogP contribution in [0.2, 0.25) is 0 Å². The van der Waals surface area contributed by atoms with Crippen molar-refractivity contribution in [2.75, 3.05) is 26.3 Å². The molecule has 2 heterocycles. The Bertz CT molecular complexity index is 1270. The summed E-state index contributed by atoms with van der Waals surface area (Å²) in [5, 5.41) is 20.2. The van der Waals surface area contributed by atoms with E-state index in [9.17, 15) is 10.2 Å². The normalized spacial score (nSPS) is 15.8. The monoisotopic (exact) mass is 517 g/mol. The van der Waals surface area contributed by atoms with Gasteiger partial charge in [-0.15, -0.1) is 0 Å². The zero-order valence-electron chi connectivity index (χ0n) is 23.0. The second-order valence-electron chi connectivity index (χ2n) is 9.49. The fraction of sp³-hybridized carbons (Fsp3) is 0.375. The summed E-state index contributed by atoms with van der Waals surface area (Å²) in [6.45, 7) is 13.5. The van der Waals surface area contributed by atoms with Gasteiger partial charge in [0, 0.05) is 47.8 Å². The van der Waals surface area contributed by atoms with Crippen molar-refractivity contribution in [1.82, 2.24) is 4.90 Å². The molecular weight excluding hydrogens is 478 g/mol. The van der Waals surface area contributed by atoms with Crippen molar-refractivity contribution >= 4 is 11.1 Å². The molecule has 6 nitrogen and oxygen atoms in total. The van der Waals surface area contributed by atoms with E-state index in [-0.39, 0.29) is 11.5 Å². The summed E-state index contributed by atoms with van der Waals surface area (Å²) in [6.07, 6.45) is 0.290. The van der Waals surface area contributed by atoms with Gasteiger partial charge >= 0.3 is 0 Å². The molecule has 1 unspecified atom stereocenters. The van der Waals surface area contributed by atoms with Crippen LogP contribution in [0.5, 0.6) is 28.7 Å². The van der Waals surface area contributed by atoms with Crippen molar-refractivity contribution < 1.29 is 24.4 Å². The van der Waals surface area contributed by atoms with E-state index in [0.717, 1.165) is 46.7 Å². The molecule has 0 spiro atoms. The van der Waals surface area contributed by atoms with Crippen LogP contribution in [0.25, 0.3) is 11.1 Å². The third-order valence-electron chi connectivity index (χ3n) is 6.95. The molecule has 0 aromatic heterocycles. The number of phenols is 2. The van der Waals surface area contributed by atoms with Gasteiger partial charge in [0.2, 0.25) is 0 Å². The number of hydrogen-bond donors (Lipinski definition) is 2. The predicted octanol–water partition coefficient (Wildman–Crippen LogP) is 7.06. The van der Waals surface area contributed by atoms with Crippen LogP contribution in [0.15, 0.2) is 60.7 Å². The topological polar surface area (TPSA) is 71.4 Å². The van der Waals surface area contributed by atoms with Gasteiger partial charge in [-0.05, 0) is 67.9 Å². The number of likely N-dealkylation sites (N-methyl/N-ethyl adjacent to an activating group) is 1. The first-order valence-electron chi connectivity index (χ1n) is 13.6. The maximum Gasteiger partial charge on any atom is 0.150 e. The average molecular weight is 518 g/mol. The van der Waals surface area contributed by atoms with Gasteiger partial charge in [0.05, 0.1) is 6.61 Å². The number of fused-ring (bicyclic) bond motifs is 4. The molecule has 0 saturated carbocycles. The van der Waals surface area contributed by atoms with Crippen LogP contribution in [0, 0.1) is 0 Å². The highest BCUT2D eigenvalue weighted by Gasteiger charge is 2.34. The summed E-state index contributed by atoms with van der Waals surface area (Å²) in [6, 6.07) is 19.0. The molecule has 202 valence electrons. The van der Waals surface area contributed by atoms with E-state index >= 15 is 0 Å². The number of ether oxygens (including phenoxy) is 3. The summed E-state index contributed by atoms with van der Waals surface area (Å²) in [5.74, 6) is 2.43. The van der Waals surface area contributed by atoms with Crippen molar-refractivity contribution in [3.8, 4) is 28.7 Å². The minimum Gasteiger partial charge on any atom is -0.508 e. The van der Waals surface area contributed by atoms with E-state index in [1.165, 1.54) is 0 Å². The molecule has 0 aliphatic carbocycles. The molecule has 3 aromatic rings. The molecule has 2 N–H and O–H groups in total. The molecule has 1 atom stereocenters. The SMILES string of the molecule is CC.CCN(CCOc1ccc(C2Oc3cc(O)ccc3C3=C2c2ccc(O)cc2OCC3)cc1)C(C)C. The Balaban J connectivity index is 0.00000164. The van der Waals surface area contributed by atoms with E-state index < -0.39 is 6.10 Å². The summed E-state index contributed by atoms with van der Waals surface area (Å²) in [4.78, 5) is 2.37. The van der Waals surface area contributed by atoms with Crippen LogP contribution < -0.4 is 14.2 Å². The van der Waals surface area contributed by atoms with E-state index in [0.29, 0.717) is 37.2 Å². The highest BCUT2D eigenvalue weighted by Crippen LogP contribution is 2.51. The lowest BCUT2D eigenvalue weighted by molar-refractivity contribution is 0.183. The number of phenolic OH excluding ortho intramolecular Hbond substituents is 2. The molecule has 5 rings (SSSR count). The molecule has 0 radical (unpaired) electrons. The number of aromatic hydroxyl groups is 2. The first-order valence-corrected chi connectivity index (χ1v) is 13.6. The molecule has 2 aliphatic rings. The minimum atomic E-state index is -0.398. The second kappa shape index (κ2) is 12.3. The molecule has 0 fully saturated rings.